The van der Waals surface area contributed by atoms with Gasteiger partial charge in [-0.25, -0.2) is 0 Å². The van der Waals surface area contributed by atoms with E-state index in [-0.39, 0.29) is 38.5 Å². The third kappa shape index (κ3) is 6.28. The molecule has 0 spiro atoms. The molecule has 0 bridgehead atoms. The maximum atomic E-state index is 12.9. The summed E-state index contributed by atoms with van der Waals surface area (Å²) in [7, 11) is 3.64. The van der Waals surface area contributed by atoms with E-state index >= 15 is 0 Å². The largest absolute Gasteiger partial charge is 0.394 e. The fourth-order valence-corrected chi connectivity index (χ4v) is 5.69. The highest BCUT2D eigenvalue weighted by Crippen LogP contribution is 2.40. The quantitative estimate of drug-likeness (QED) is 0.155. The molecular formula is C25H42N5O9+. The molecule has 2 aliphatic heterocycles. The Morgan fingerprint density at radius 1 is 1.21 bits per heavy atom. The number of hydrogen-bond donors (Lipinski definition) is 6. The number of hydrogen-bond acceptors (Lipinski definition) is 12. The van der Waals surface area contributed by atoms with Crippen LogP contribution in [-0.4, -0.2) is 144 Å². The third-order valence-corrected chi connectivity index (χ3v) is 8.25. The molecular weight excluding hydrogens is 514 g/mol. The summed E-state index contributed by atoms with van der Waals surface area (Å²) >= 11 is 0. The van der Waals surface area contributed by atoms with Crippen LogP contribution in [0.3, 0.4) is 0 Å². The SMILES string of the molecule is C#[N+]C1CCC(CN)OC1OC1C(OC2OC(CO)CC2O)C(O)C(NC(=O)C2(O)CC2N=C)CC1N(C)C. The van der Waals surface area contributed by atoms with Gasteiger partial charge in [0.25, 0.3) is 12.5 Å². The highest BCUT2D eigenvalue weighted by molar-refractivity contribution is 5.90. The van der Waals surface area contributed by atoms with Crippen LogP contribution in [0.1, 0.15) is 32.1 Å². The first-order valence-corrected chi connectivity index (χ1v) is 13.4. The molecule has 0 aromatic heterocycles. The fraction of sp³-hybridized carbons (Fsp3) is 0.880. The lowest BCUT2D eigenvalue weighted by molar-refractivity contribution is -0.292. The minimum absolute atomic E-state index is 0.143. The van der Waals surface area contributed by atoms with E-state index in [1.165, 1.54) is 0 Å². The van der Waals surface area contributed by atoms with Crippen molar-refractivity contribution in [1.82, 2.24) is 10.2 Å². The van der Waals surface area contributed by atoms with Crippen molar-refractivity contribution in [1.29, 1.82) is 0 Å². The van der Waals surface area contributed by atoms with Crippen LogP contribution >= 0.6 is 0 Å². The van der Waals surface area contributed by atoms with E-state index in [9.17, 15) is 25.2 Å². The van der Waals surface area contributed by atoms with E-state index in [2.05, 4.69) is 21.9 Å². The van der Waals surface area contributed by atoms with Crippen LogP contribution in [0.4, 0.5) is 0 Å². The Hall–Kier alpha value is -1.77. The van der Waals surface area contributed by atoms with Gasteiger partial charge in [-0.05, 0) is 33.7 Å². The number of amides is 1. The number of nitrogens with one attached hydrogen (secondary N) is 1. The van der Waals surface area contributed by atoms with Crippen molar-refractivity contribution >= 4 is 12.6 Å². The van der Waals surface area contributed by atoms with Crippen molar-refractivity contribution in [3.63, 3.8) is 0 Å². The Labute approximate surface area is 227 Å². The van der Waals surface area contributed by atoms with Gasteiger partial charge in [-0.15, -0.1) is 0 Å². The number of aliphatic hydroxyl groups is 4. The molecule has 220 valence electrons. The van der Waals surface area contributed by atoms with Crippen LogP contribution in [0.2, 0.25) is 0 Å². The minimum atomic E-state index is -1.68. The monoisotopic (exact) mass is 556 g/mol. The molecule has 4 aliphatic rings. The van der Waals surface area contributed by atoms with E-state index in [0.29, 0.717) is 12.8 Å². The molecule has 2 saturated heterocycles. The summed E-state index contributed by atoms with van der Waals surface area (Å²) in [5.74, 6) is -0.666. The standard InChI is InChI=1S/C25H41N5O9/c1-27-14-6-5-12(10-26)36-22(14)38-20-16(30(3)4)8-15(29-24(34)25(35)9-18(25)28-2)19(33)21(20)39-23-17(32)7-13(11-31)37-23/h1,12-23,31-33,35H,2,5-11,26H2,3-4H3/p+1. The van der Waals surface area contributed by atoms with E-state index in [1.54, 1.807) is 0 Å². The lowest BCUT2D eigenvalue weighted by Crippen LogP contribution is -2.67. The van der Waals surface area contributed by atoms with Gasteiger partial charge in [0.05, 0.1) is 30.9 Å². The molecule has 14 heteroatoms. The van der Waals surface area contributed by atoms with Gasteiger partial charge in [-0.1, -0.05) is 4.85 Å². The van der Waals surface area contributed by atoms with Crippen LogP contribution < -0.4 is 11.1 Å². The van der Waals surface area contributed by atoms with Crippen LogP contribution in [0.5, 0.6) is 0 Å². The Balaban J connectivity index is 1.60. The molecule has 7 N–H and O–H groups in total. The van der Waals surface area contributed by atoms with Crippen molar-refractivity contribution in [3.8, 4) is 6.57 Å². The molecule has 2 saturated carbocycles. The van der Waals surface area contributed by atoms with E-state index in [0.717, 1.165) is 0 Å². The van der Waals surface area contributed by atoms with Gasteiger partial charge < -0.3 is 55.3 Å². The number of nitrogens with two attached hydrogens (primary N) is 1. The van der Waals surface area contributed by atoms with Crippen molar-refractivity contribution in [2.45, 2.75) is 111 Å². The Morgan fingerprint density at radius 2 is 1.90 bits per heavy atom. The lowest BCUT2D eigenvalue weighted by Gasteiger charge is -2.48. The Morgan fingerprint density at radius 3 is 2.46 bits per heavy atom. The third-order valence-electron chi connectivity index (χ3n) is 8.25. The number of carbonyl (C=O) groups is 1. The molecule has 4 rings (SSSR count). The summed E-state index contributed by atoms with van der Waals surface area (Å²) in [6, 6.07) is -2.38. The second-order valence-electron chi connectivity index (χ2n) is 11.1. The zero-order valence-electron chi connectivity index (χ0n) is 22.4. The Bertz CT molecular complexity index is 921. The van der Waals surface area contributed by atoms with Gasteiger partial charge >= 0.3 is 6.04 Å². The van der Waals surface area contributed by atoms with Crippen molar-refractivity contribution in [3.05, 3.63) is 4.85 Å². The minimum Gasteiger partial charge on any atom is -0.394 e. The molecule has 4 fully saturated rings. The smallest absolute Gasteiger partial charge is 0.321 e. The number of carbonyl (C=O) groups excluding carboxylic acids is 1. The first-order chi connectivity index (χ1) is 18.6. The zero-order chi connectivity index (χ0) is 28.5. The number of aliphatic hydroxyl groups excluding tert-OH is 3. The second kappa shape index (κ2) is 12.4. The number of ether oxygens (including phenoxy) is 4. The predicted molar refractivity (Wildman–Crippen MR) is 138 cm³/mol. The van der Waals surface area contributed by atoms with Gasteiger partial charge in [0.15, 0.2) is 11.9 Å². The van der Waals surface area contributed by atoms with E-state index in [4.69, 9.17) is 31.3 Å². The lowest BCUT2D eigenvalue weighted by atomic mass is 9.82. The molecule has 0 aromatic rings. The number of nitrogens with zero attached hydrogens (tertiary/aromatic N) is 3. The molecule has 0 aromatic carbocycles. The van der Waals surface area contributed by atoms with Crippen molar-refractivity contribution in [2.24, 2.45) is 10.7 Å². The van der Waals surface area contributed by atoms with E-state index in [1.807, 2.05) is 19.0 Å². The van der Waals surface area contributed by atoms with Crippen LogP contribution in [-0.2, 0) is 23.7 Å². The van der Waals surface area contributed by atoms with Gasteiger partial charge in [-0.2, -0.15) is 0 Å². The zero-order valence-corrected chi connectivity index (χ0v) is 22.4. The first kappa shape index (κ1) is 30.2. The second-order valence-corrected chi connectivity index (χ2v) is 11.1. The van der Waals surface area contributed by atoms with Gasteiger partial charge in [0, 0.05) is 31.8 Å². The van der Waals surface area contributed by atoms with E-state index < -0.39 is 78.8 Å². The Kier molecular flexibility index (Phi) is 9.60. The predicted octanol–water partition coefficient (Wildman–Crippen LogP) is -2.60. The molecule has 2 heterocycles. The normalized spacial score (nSPS) is 46.0. The maximum Gasteiger partial charge on any atom is 0.321 e. The maximum absolute atomic E-state index is 12.9. The molecule has 39 heavy (non-hydrogen) atoms. The summed E-state index contributed by atoms with van der Waals surface area (Å²) in [5, 5.41) is 44.9. The van der Waals surface area contributed by atoms with Crippen LogP contribution in [0.15, 0.2) is 4.99 Å². The van der Waals surface area contributed by atoms with Crippen LogP contribution in [0.25, 0.3) is 4.85 Å². The summed E-state index contributed by atoms with van der Waals surface area (Å²) in [6.07, 6.45) is -5.52. The molecule has 13 unspecified atom stereocenters. The summed E-state index contributed by atoms with van der Waals surface area (Å²) in [6.45, 7) is 9.03. The first-order valence-electron chi connectivity index (χ1n) is 13.4. The number of aliphatic imine (C=N–C) groups is 1. The van der Waals surface area contributed by atoms with Gasteiger partial charge in [0.1, 0.15) is 24.4 Å². The molecule has 0 radical (unpaired) electrons. The number of likely N-dealkylation sites (N-methyl/N-ethyl adjacent to an activating group) is 1. The number of rotatable bonds is 10. The average Bonchev–Trinajstić information content (AvgIpc) is 3.48. The van der Waals surface area contributed by atoms with Crippen molar-refractivity contribution in [2.75, 3.05) is 27.2 Å². The molecule has 2 aliphatic carbocycles. The topological polar surface area (TPSA) is 193 Å². The average molecular weight is 557 g/mol. The highest BCUT2D eigenvalue weighted by Gasteiger charge is 2.60. The molecule has 14 nitrogen and oxygen atoms in total. The summed E-state index contributed by atoms with van der Waals surface area (Å²) in [4.78, 5) is 22.5. The molecule has 13 atom stereocenters. The van der Waals surface area contributed by atoms with Crippen LogP contribution in [0, 0.1) is 6.57 Å². The summed E-state index contributed by atoms with van der Waals surface area (Å²) in [5.41, 5.74) is 4.15. The van der Waals surface area contributed by atoms with Gasteiger partial charge in [-0.3, -0.25) is 9.79 Å². The highest BCUT2D eigenvalue weighted by atomic mass is 16.7. The summed E-state index contributed by atoms with van der Waals surface area (Å²) < 4.78 is 24.3. The molecule has 1 amide bonds. The van der Waals surface area contributed by atoms with Crippen molar-refractivity contribution < 1.29 is 44.2 Å². The fourth-order valence-electron chi connectivity index (χ4n) is 5.69. The van der Waals surface area contributed by atoms with Gasteiger partial charge in [0.2, 0.25) is 6.29 Å².